The first-order valence-corrected chi connectivity index (χ1v) is 9.36. The van der Waals surface area contributed by atoms with Gasteiger partial charge in [-0.25, -0.2) is 0 Å². The smallest absolute Gasteiger partial charge is 0.0519 e. The van der Waals surface area contributed by atoms with E-state index in [1.807, 2.05) is 19.2 Å². The third-order valence-corrected chi connectivity index (χ3v) is 5.61. The highest BCUT2D eigenvalue weighted by Gasteiger charge is 2.32. The molecule has 0 aromatic heterocycles. The third kappa shape index (κ3) is 4.40. The summed E-state index contributed by atoms with van der Waals surface area (Å²) in [5.41, 5.74) is 4.71. The molecule has 0 amide bonds. The summed E-state index contributed by atoms with van der Waals surface area (Å²) in [6.45, 7) is 8.76. The van der Waals surface area contributed by atoms with E-state index < -0.39 is 0 Å². The number of piperazine rings is 1. The minimum absolute atomic E-state index is 0.258. The van der Waals surface area contributed by atoms with E-state index in [0.717, 1.165) is 57.2 Å². The van der Waals surface area contributed by atoms with Gasteiger partial charge in [0.05, 0.1) is 6.61 Å². The average Bonchev–Trinajstić information content (AvgIpc) is 2.57. The highest BCUT2D eigenvalue weighted by atomic mass is 35.5. The summed E-state index contributed by atoms with van der Waals surface area (Å²) in [7, 11) is 1.82. The highest BCUT2D eigenvalue weighted by molar-refractivity contribution is 6.30. The van der Waals surface area contributed by atoms with Crippen molar-refractivity contribution in [2.24, 2.45) is 5.41 Å². The number of halogens is 1. The zero-order chi connectivity index (χ0) is 17.0. The molecule has 0 spiro atoms. The van der Waals surface area contributed by atoms with Crippen molar-refractivity contribution in [3.63, 3.8) is 0 Å². The van der Waals surface area contributed by atoms with Crippen LogP contribution in [0.3, 0.4) is 0 Å². The number of hydrogen-bond acceptors (Lipinski definition) is 3. The first kappa shape index (κ1) is 17.9. The molecule has 0 saturated carbocycles. The van der Waals surface area contributed by atoms with Crippen LogP contribution >= 0.6 is 11.6 Å². The number of methoxy groups -OCH3 is 1. The maximum absolute atomic E-state index is 6.08. The number of nitrogens with zero attached hydrogens (tertiary/aromatic N) is 1. The van der Waals surface area contributed by atoms with Gasteiger partial charge in [-0.05, 0) is 47.9 Å². The molecule has 2 aliphatic rings. The van der Waals surface area contributed by atoms with Gasteiger partial charge in [0.15, 0.2) is 0 Å². The molecule has 132 valence electrons. The number of ether oxygens (including phenoxy) is 1. The zero-order valence-electron chi connectivity index (χ0n) is 14.9. The molecule has 1 N–H and O–H groups in total. The van der Waals surface area contributed by atoms with Crippen molar-refractivity contribution in [1.29, 1.82) is 0 Å². The molecule has 1 aromatic carbocycles. The normalized spacial score (nSPS) is 26.0. The van der Waals surface area contributed by atoms with Gasteiger partial charge in [-0.2, -0.15) is 0 Å². The molecule has 4 heteroatoms. The molecule has 24 heavy (non-hydrogen) atoms. The van der Waals surface area contributed by atoms with E-state index in [9.17, 15) is 0 Å². The summed E-state index contributed by atoms with van der Waals surface area (Å²) >= 11 is 6.08. The van der Waals surface area contributed by atoms with Crippen LogP contribution in [0.25, 0.3) is 5.57 Å². The summed E-state index contributed by atoms with van der Waals surface area (Å²) in [6.07, 6.45) is 3.44. The second-order valence-electron chi connectivity index (χ2n) is 7.54. The Morgan fingerprint density at radius 3 is 2.58 bits per heavy atom. The minimum Gasteiger partial charge on any atom is -0.384 e. The molecule has 3 nitrogen and oxygen atoms in total. The quantitative estimate of drug-likeness (QED) is 0.875. The van der Waals surface area contributed by atoms with Crippen molar-refractivity contribution in [3.05, 3.63) is 40.4 Å². The van der Waals surface area contributed by atoms with Crippen molar-refractivity contribution in [2.75, 3.05) is 46.4 Å². The van der Waals surface area contributed by atoms with Crippen LogP contribution in [0, 0.1) is 5.41 Å². The van der Waals surface area contributed by atoms with Crippen molar-refractivity contribution in [3.8, 4) is 0 Å². The molecule has 3 rings (SSSR count). The summed E-state index contributed by atoms with van der Waals surface area (Å²) < 4.78 is 5.52. The first-order valence-electron chi connectivity index (χ1n) is 8.98. The first-order chi connectivity index (χ1) is 11.6. The standard InChI is InChI=1S/C20H29ClN2O/c1-20(15-24-2)8-7-19(16-3-5-18(21)6-4-16)17(13-20)14-23-11-9-22-10-12-23/h3-6,22H,7-15H2,1-2H3. The van der Waals surface area contributed by atoms with E-state index in [0.29, 0.717) is 0 Å². The monoisotopic (exact) mass is 348 g/mol. The van der Waals surface area contributed by atoms with Gasteiger partial charge >= 0.3 is 0 Å². The van der Waals surface area contributed by atoms with Gasteiger partial charge in [-0.3, -0.25) is 4.90 Å². The molecule has 1 fully saturated rings. The Bertz CT molecular complexity index is 578. The van der Waals surface area contributed by atoms with E-state index in [1.54, 1.807) is 5.57 Å². The van der Waals surface area contributed by atoms with Gasteiger partial charge in [0.1, 0.15) is 0 Å². The Morgan fingerprint density at radius 2 is 1.92 bits per heavy atom. The molecular weight excluding hydrogens is 320 g/mol. The lowest BCUT2D eigenvalue weighted by Crippen LogP contribution is -2.44. The fraction of sp³-hybridized carbons (Fsp3) is 0.600. The summed E-state index contributed by atoms with van der Waals surface area (Å²) in [6, 6.07) is 8.37. The number of nitrogens with one attached hydrogen (secondary N) is 1. The lowest BCUT2D eigenvalue weighted by Gasteiger charge is -2.38. The van der Waals surface area contributed by atoms with Crippen LogP contribution < -0.4 is 5.32 Å². The highest BCUT2D eigenvalue weighted by Crippen LogP contribution is 2.43. The van der Waals surface area contributed by atoms with Crippen molar-refractivity contribution in [2.45, 2.75) is 26.2 Å². The molecular formula is C20H29ClN2O. The Hall–Kier alpha value is -0.870. The van der Waals surface area contributed by atoms with Crippen LogP contribution in [0.2, 0.25) is 5.02 Å². The van der Waals surface area contributed by atoms with Gasteiger partial charge < -0.3 is 10.1 Å². The van der Waals surface area contributed by atoms with E-state index in [2.05, 4.69) is 29.3 Å². The van der Waals surface area contributed by atoms with E-state index >= 15 is 0 Å². The zero-order valence-corrected chi connectivity index (χ0v) is 15.7. The second kappa shape index (κ2) is 8.01. The second-order valence-corrected chi connectivity index (χ2v) is 7.97. The Balaban J connectivity index is 1.87. The third-order valence-electron chi connectivity index (χ3n) is 5.36. The molecule has 0 radical (unpaired) electrons. The van der Waals surface area contributed by atoms with E-state index in [1.165, 1.54) is 17.6 Å². The summed E-state index contributed by atoms with van der Waals surface area (Å²) in [5, 5.41) is 4.25. The van der Waals surface area contributed by atoms with Crippen LogP contribution in [0.1, 0.15) is 31.7 Å². The average molecular weight is 349 g/mol. The maximum Gasteiger partial charge on any atom is 0.0519 e. The van der Waals surface area contributed by atoms with Crippen LogP contribution in [0.4, 0.5) is 0 Å². The topological polar surface area (TPSA) is 24.5 Å². The number of hydrogen-bond donors (Lipinski definition) is 1. The molecule has 1 unspecified atom stereocenters. The van der Waals surface area contributed by atoms with Crippen LogP contribution in [0.5, 0.6) is 0 Å². The van der Waals surface area contributed by atoms with E-state index in [-0.39, 0.29) is 5.41 Å². The summed E-state index contributed by atoms with van der Waals surface area (Å²) in [4.78, 5) is 2.58. The lowest BCUT2D eigenvalue weighted by molar-refractivity contribution is 0.0815. The summed E-state index contributed by atoms with van der Waals surface area (Å²) in [5.74, 6) is 0. The van der Waals surface area contributed by atoms with Crippen molar-refractivity contribution < 1.29 is 4.74 Å². The van der Waals surface area contributed by atoms with Crippen LogP contribution in [-0.4, -0.2) is 51.3 Å². The SMILES string of the molecule is COCC1(C)CCC(c2ccc(Cl)cc2)=C(CN2CCNCC2)C1. The molecule has 0 bridgehead atoms. The lowest BCUT2D eigenvalue weighted by atomic mass is 9.72. The van der Waals surface area contributed by atoms with Crippen molar-refractivity contribution in [1.82, 2.24) is 10.2 Å². The number of allylic oxidation sites excluding steroid dienone is 1. The van der Waals surface area contributed by atoms with Gasteiger partial charge in [-0.1, -0.05) is 36.2 Å². The minimum atomic E-state index is 0.258. The molecule has 1 aromatic rings. The van der Waals surface area contributed by atoms with Gasteiger partial charge in [0.25, 0.3) is 0 Å². The largest absolute Gasteiger partial charge is 0.384 e. The maximum atomic E-state index is 6.08. The van der Waals surface area contributed by atoms with Crippen LogP contribution in [-0.2, 0) is 4.74 Å². The fourth-order valence-electron chi connectivity index (χ4n) is 4.08. The molecule has 1 heterocycles. The Kier molecular flexibility index (Phi) is 5.98. The number of benzene rings is 1. The van der Waals surface area contributed by atoms with Gasteiger partial charge in [-0.15, -0.1) is 0 Å². The van der Waals surface area contributed by atoms with E-state index in [4.69, 9.17) is 16.3 Å². The predicted molar refractivity (Wildman–Crippen MR) is 102 cm³/mol. The van der Waals surface area contributed by atoms with Gasteiger partial charge in [0, 0.05) is 44.9 Å². The van der Waals surface area contributed by atoms with Crippen LogP contribution in [0.15, 0.2) is 29.8 Å². The fourth-order valence-corrected chi connectivity index (χ4v) is 4.20. The Morgan fingerprint density at radius 1 is 1.21 bits per heavy atom. The molecule has 1 aliphatic heterocycles. The molecule has 1 saturated heterocycles. The van der Waals surface area contributed by atoms with Gasteiger partial charge in [0.2, 0.25) is 0 Å². The predicted octanol–water partition coefficient (Wildman–Crippen LogP) is 3.84. The Labute approximate surface area is 151 Å². The van der Waals surface area contributed by atoms with Crippen molar-refractivity contribution >= 4 is 17.2 Å². The molecule has 1 aliphatic carbocycles. The molecule has 1 atom stereocenters. The number of rotatable bonds is 5.